The molecule has 8 nitrogen and oxygen atoms in total. The third-order valence-corrected chi connectivity index (χ3v) is 6.43. The fourth-order valence-corrected chi connectivity index (χ4v) is 4.98. The molecule has 36 heavy (non-hydrogen) atoms. The van der Waals surface area contributed by atoms with Crippen LogP contribution in [0.4, 0.5) is 0 Å². The SMILES string of the molecule is C=CCOC(=O)C1=C(C)N=c2sc(=Cc3cccc(OC)c3OC(C)=O)c(=O)n2C1c1ccccc1. The zero-order chi connectivity index (χ0) is 25.8. The first kappa shape index (κ1) is 24.9. The van der Waals surface area contributed by atoms with E-state index in [1.807, 2.05) is 30.3 Å². The van der Waals surface area contributed by atoms with Gasteiger partial charge in [0.15, 0.2) is 16.3 Å². The van der Waals surface area contributed by atoms with E-state index in [1.54, 1.807) is 31.2 Å². The van der Waals surface area contributed by atoms with E-state index in [0.29, 0.717) is 26.3 Å². The lowest BCUT2D eigenvalue weighted by atomic mass is 9.96. The van der Waals surface area contributed by atoms with Crippen LogP contribution in [0.5, 0.6) is 11.5 Å². The van der Waals surface area contributed by atoms with E-state index in [9.17, 15) is 14.4 Å². The number of benzene rings is 2. The summed E-state index contributed by atoms with van der Waals surface area (Å²) >= 11 is 1.18. The molecule has 3 aromatic rings. The highest BCUT2D eigenvalue weighted by Gasteiger charge is 2.33. The number of ether oxygens (including phenoxy) is 3. The van der Waals surface area contributed by atoms with Crippen molar-refractivity contribution in [1.29, 1.82) is 0 Å². The summed E-state index contributed by atoms with van der Waals surface area (Å²) in [5, 5.41) is 0. The first-order valence-electron chi connectivity index (χ1n) is 11.1. The molecule has 184 valence electrons. The number of nitrogens with zero attached hydrogens (tertiary/aromatic N) is 2. The Morgan fingerprint density at radius 1 is 1.17 bits per heavy atom. The van der Waals surface area contributed by atoms with Gasteiger partial charge in [0, 0.05) is 12.5 Å². The summed E-state index contributed by atoms with van der Waals surface area (Å²) < 4.78 is 17.9. The number of rotatable bonds is 7. The summed E-state index contributed by atoms with van der Waals surface area (Å²) in [6.45, 7) is 6.64. The van der Waals surface area contributed by atoms with Crippen molar-refractivity contribution in [2.75, 3.05) is 13.7 Å². The maximum Gasteiger partial charge on any atom is 0.338 e. The maximum absolute atomic E-state index is 13.7. The first-order valence-corrected chi connectivity index (χ1v) is 11.9. The van der Waals surface area contributed by atoms with E-state index in [1.165, 1.54) is 36.0 Å². The summed E-state index contributed by atoms with van der Waals surface area (Å²) in [5.74, 6) is -0.512. The molecule has 1 aliphatic heterocycles. The Bertz CT molecular complexity index is 1550. The maximum atomic E-state index is 13.7. The number of methoxy groups -OCH3 is 1. The Hall–Kier alpha value is -4.24. The summed E-state index contributed by atoms with van der Waals surface area (Å²) in [7, 11) is 1.47. The molecule has 1 atom stereocenters. The monoisotopic (exact) mass is 504 g/mol. The average Bonchev–Trinajstić information content (AvgIpc) is 3.17. The number of carbonyl (C=O) groups is 2. The molecule has 1 aromatic heterocycles. The van der Waals surface area contributed by atoms with Crippen molar-refractivity contribution in [1.82, 2.24) is 4.57 Å². The molecule has 0 saturated heterocycles. The molecule has 0 spiro atoms. The molecule has 0 fully saturated rings. The van der Waals surface area contributed by atoms with Gasteiger partial charge >= 0.3 is 11.9 Å². The van der Waals surface area contributed by atoms with E-state index in [0.717, 1.165) is 5.56 Å². The molecule has 0 aliphatic carbocycles. The van der Waals surface area contributed by atoms with Crippen molar-refractivity contribution < 1.29 is 23.8 Å². The van der Waals surface area contributed by atoms with E-state index in [2.05, 4.69) is 11.6 Å². The number of hydrogen-bond donors (Lipinski definition) is 0. The van der Waals surface area contributed by atoms with E-state index in [4.69, 9.17) is 14.2 Å². The first-order chi connectivity index (χ1) is 17.3. The van der Waals surface area contributed by atoms with Crippen molar-refractivity contribution in [3.8, 4) is 11.5 Å². The fourth-order valence-electron chi connectivity index (χ4n) is 3.95. The second-order valence-corrected chi connectivity index (χ2v) is 8.86. The lowest BCUT2D eigenvalue weighted by Gasteiger charge is -2.24. The molecule has 2 aromatic carbocycles. The molecule has 0 radical (unpaired) electrons. The fraction of sp³-hybridized carbons (Fsp3) is 0.185. The van der Waals surface area contributed by atoms with Crippen LogP contribution in [0, 0.1) is 0 Å². The molecular weight excluding hydrogens is 480 g/mol. The lowest BCUT2D eigenvalue weighted by Crippen LogP contribution is -2.39. The van der Waals surface area contributed by atoms with Gasteiger partial charge in [-0.1, -0.05) is 66.5 Å². The number of allylic oxidation sites excluding steroid dienone is 1. The lowest BCUT2D eigenvalue weighted by molar-refractivity contribution is -0.138. The van der Waals surface area contributed by atoms with Gasteiger partial charge in [0.2, 0.25) is 0 Å². The van der Waals surface area contributed by atoms with E-state index < -0.39 is 18.0 Å². The van der Waals surface area contributed by atoms with Crippen molar-refractivity contribution in [2.24, 2.45) is 4.99 Å². The Kier molecular flexibility index (Phi) is 7.30. The standard InChI is InChI=1S/C27H24N2O6S/c1-5-14-34-26(32)22-16(2)28-27-29(23(22)18-10-7-6-8-11-18)25(31)21(36-27)15-19-12-9-13-20(33-4)24(19)35-17(3)30/h5-13,15,23H,1,14H2,2-4H3. The summed E-state index contributed by atoms with van der Waals surface area (Å²) in [6.07, 6.45) is 3.11. The summed E-state index contributed by atoms with van der Waals surface area (Å²) in [6, 6.07) is 13.6. The molecule has 2 heterocycles. The van der Waals surface area contributed by atoms with Gasteiger partial charge in [0.1, 0.15) is 6.61 Å². The van der Waals surface area contributed by atoms with E-state index in [-0.39, 0.29) is 23.5 Å². The van der Waals surface area contributed by atoms with Gasteiger partial charge in [-0.2, -0.15) is 0 Å². The molecule has 1 unspecified atom stereocenters. The van der Waals surface area contributed by atoms with Crippen LogP contribution in [-0.4, -0.2) is 30.2 Å². The van der Waals surface area contributed by atoms with Gasteiger partial charge in [-0.3, -0.25) is 14.2 Å². The van der Waals surface area contributed by atoms with Crippen LogP contribution in [0.25, 0.3) is 6.08 Å². The molecule has 0 saturated carbocycles. The molecule has 4 rings (SSSR count). The van der Waals surface area contributed by atoms with Crippen molar-refractivity contribution in [3.63, 3.8) is 0 Å². The predicted octanol–water partition coefficient (Wildman–Crippen LogP) is 2.90. The second kappa shape index (κ2) is 10.6. The molecule has 9 heteroatoms. The Balaban J connectivity index is 1.94. The highest BCUT2D eigenvalue weighted by atomic mass is 32.1. The van der Waals surface area contributed by atoms with Gasteiger partial charge in [0.25, 0.3) is 5.56 Å². The predicted molar refractivity (Wildman–Crippen MR) is 136 cm³/mol. The van der Waals surface area contributed by atoms with Gasteiger partial charge in [-0.05, 0) is 24.6 Å². The van der Waals surface area contributed by atoms with Crippen molar-refractivity contribution in [3.05, 3.63) is 103 Å². The minimum atomic E-state index is -0.722. The number of hydrogen-bond acceptors (Lipinski definition) is 8. The van der Waals surface area contributed by atoms with Crippen LogP contribution in [0.2, 0.25) is 0 Å². The van der Waals surface area contributed by atoms with Gasteiger partial charge in [0.05, 0.1) is 29.0 Å². The molecule has 1 aliphatic rings. The molecule has 0 bridgehead atoms. The summed E-state index contributed by atoms with van der Waals surface area (Å²) in [5.41, 5.74) is 1.64. The molecule has 0 amide bonds. The van der Waals surface area contributed by atoms with Gasteiger partial charge in [-0.25, -0.2) is 9.79 Å². The largest absolute Gasteiger partial charge is 0.493 e. The normalized spacial score (nSPS) is 15.1. The minimum Gasteiger partial charge on any atom is -0.493 e. The highest BCUT2D eigenvalue weighted by molar-refractivity contribution is 7.07. The van der Waals surface area contributed by atoms with E-state index >= 15 is 0 Å². The second-order valence-electron chi connectivity index (χ2n) is 7.85. The van der Waals surface area contributed by atoms with Crippen molar-refractivity contribution >= 4 is 29.4 Å². The average molecular weight is 505 g/mol. The van der Waals surface area contributed by atoms with Gasteiger partial charge < -0.3 is 14.2 Å². The van der Waals surface area contributed by atoms with Crippen LogP contribution in [0.1, 0.15) is 31.0 Å². The third kappa shape index (κ3) is 4.78. The van der Waals surface area contributed by atoms with Crippen LogP contribution in [0.15, 0.2) is 82.2 Å². The number of aromatic nitrogens is 1. The zero-order valence-electron chi connectivity index (χ0n) is 20.0. The van der Waals surface area contributed by atoms with Crippen molar-refractivity contribution in [2.45, 2.75) is 19.9 Å². The van der Waals surface area contributed by atoms with Crippen LogP contribution < -0.4 is 24.4 Å². The molecular formula is C27H24N2O6S. The summed E-state index contributed by atoms with van der Waals surface area (Å²) in [4.78, 5) is 43.5. The van der Waals surface area contributed by atoms with Gasteiger partial charge in [-0.15, -0.1) is 0 Å². The third-order valence-electron chi connectivity index (χ3n) is 5.45. The number of carbonyl (C=O) groups excluding carboxylic acids is 2. The topological polar surface area (TPSA) is 96.2 Å². The Morgan fingerprint density at radius 2 is 1.92 bits per heavy atom. The zero-order valence-corrected chi connectivity index (χ0v) is 20.8. The van der Waals surface area contributed by atoms with Crippen LogP contribution in [0.3, 0.4) is 0 Å². The minimum absolute atomic E-state index is 0.0380. The van der Waals surface area contributed by atoms with Crippen LogP contribution in [-0.2, 0) is 14.3 Å². The Morgan fingerprint density at radius 3 is 2.58 bits per heavy atom. The number of para-hydroxylation sites is 1. The smallest absolute Gasteiger partial charge is 0.338 e. The van der Waals surface area contributed by atoms with Crippen LogP contribution >= 0.6 is 11.3 Å². The number of esters is 2. The quantitative estimate of drug-likeness (QED) is 0.279. The highest BCUT2D eigenvalue weighted by Crippen LogP contribution is 2.32. The molecule has 0 N–H and O–H groups in total. The Labute approximate surface area is 211 Å². The number of fused-ring (bicyclic) bond motifs is 1. The number of thiazole rings is 1.